The van der Waals surface area contributed by atoms with Gasteiger partial charge >= 0.3 is 5.97 Å². The van der Waals surface area contributed by atoms with Crippen LogP contribution in [0.3, 0.4) is 0 Å². The predicted octanol–water partition coefficient (Wildman–Crippen LogP) is 0.329. The Morgan fingerprint density at radius 2 is 1.55 bits per heavy atom. The number of nitrogens with one attached hydrogen (secondary N) is 2. The van der Waals surface area contributed by atoms with Crippen LogP contribution in [0, 0.1) is 19.8 Å². The summed E-state index contributed by atoms with van der Waals surface area (Å²) in [4.78, 5) is 86.5. The average molecular weight is 653 g/mol. The molecule has 1 aromatic carbocycles. The molecule has 1 aromatic rings. The Kier molecular flexibility index (Phi) is 10.5. The number of ether oxygens (including phenoxy) is 1. The molecule has 0 aromatic heterocycles. The summed E-state index contributed by atoms with van der Waals surface area (Å²) >= 11 is 0. The maximum atomic E-state index is 14.1. The Labute approximate surface area is 275 Å². The molecular formula is C34H48N6O7. The van der Waals surface area contributed by atoms with E-state index in [4.69, 9.17) is 10.5 Å². The number of aryl methyl sites for hydroxylation is 2. The molecule has 4 N–H and O–H groups in total. The number of benzene rings is 1. The Hall–Kier alpha value is -4.00. The van der Waals surface area contributed by atoms with Gasteiger partial charge in [-0.2, -0.15) is 0 Å². The molecule has 4 fully saturated rings. The van der Waals surface area contributed by atoms with Crippen LogP contribution >= 0.6 is 0 Å². The molecule has 0 aliphatic carbocycles. The minimum absolute atomic E-state index is 0.00121. The first-order valence-corrected chi connectivity index (χ1v) is 16.9. The third kappa shape index (κ3) is 7.61. The summed E-state index contributed by atoms with van der Waals surface area (Å²) in [6.45, 7) is 7.86. The van der Waals surface area contributed by atoms with Crippen LogP contribution in [-0.4, -0.2) is 113 Å². The van der Waals surface area contributed by atoms with Gasteiger partial charge in [0.05, 0.1) is 6.04 Å². The Morgan fingerprint density at radius 3 is 2.28 bits per heavy atom. The minimum Gasteiger partial charge on any atom is -0.461 e. The second kappa shape index (κ2) is 14.4. The van der Waals surface area contributed by atoms with Crippen LogP contribution in [0.2, 0.25) is 0 Å². The summed E-state index contributed by atoms with van der Waals surface area (Å²) in [5.74, 6) is -3.06. The minimum atomic E-state index is -1.31. The molecule has 4 saturated heterocycles. The first-order chi connectivity index (χ1) is 22.3. The van der Waals surface area contributed by atoms with Crippen LogP contribution in [-0.2, 0) is 39.9 Å². The summed E-state index contributed by atoms with van der Waals surface area (Å²) < 4.78 is 5.67. The summed E-state index contributed by atoms with van der Waals surface area (Å²) in [6.07, 6.45) is 3.43. The third-order valence-electron chi connectivity index (χ3n) is 9.78. The van der Waals surface area contributed by atoms with Crippen LogP contribution in [0.1, 0.15) is 69.1 Å². The summed E-state index contributed by atoms with van der Waals surface area (Å²) in [5, 5.41) is 5.50. The maximum Gasteiger partial charge on any atom is 0.328 e. The van der Waals surface area contributed by atoms with Crippen molar-refractivity contribution < 1.29 is 33.5 Å². The van der Waals surface area contributed by atoms with Gasteiger partial charge in [0.15, 0.2) is 0 Å². The van der Waals surface area contributed by atoms with E-state index in [2.05, 4.69) is 10.6 Å². The van der Waals surface area contributed by atoms with Crippen molar-refractivity contribution >= 4 is 35.5 Å². The van der Waals surface area contributed by atoms with E-state index < -0.39 is 72.5 Å². The maximum absolute atomic E-state index is 14.1. The highest BCUT2D eigenvalue weighted by Gasteiger charge is 2.45. The molecule has 4 heterocycles. The van der Waals surface area contributed by atoms with Crippen molar-refractivity contribution in [3.8, 4) is 0 Å². The number of piperidine rings is 1. The highest BCUT2D eigenvalue weighted by Crippen LogP contribution is 2.28. The molecule has 13 nitrogen and oxygen atoms in total. The molecular weight excluding hydrogens is 604 g/mol. The van der Waals surface area contributed by atoms with Gasteiger partial charge in [0, 0.05) is 19.6 Å². The first kappa shape index (κ1) is 34.3. The Bertz CT molecular complexity index is 1400. The standard InChI is InChI=1S/C34H48N6O7/c1-19-12-20(2)14-23(13-19)16-24(35)29(41)37-25-18-47-34(46)28-15-21(3)17-40(28)31(43)22(4)36-30(42)26-8-5-6-10-38(26)33(45)27-9-7-11-39(27)32(25)44/h12-14,21-22,24-28H,5-11,15-18,35H2,1-4H3,(H,36,42)(H,37,41)/t21-,22+,24+,25+,26+,27+,28+/m1/s1. The molecule has 4 aliphatic rings. The lowest BCUT2D eigenvalue weighted by molar-refractivity contribution is -0.158. The molecule has 0 spiro atoms. The SMILES string of the molecule is Cc1cc(C)cc(C[C@H](N)C(=O)N[C@H]2COC(=O)[C@@H]3C[C@@H](C)CN3C(=O)[C@H](C)NC(=O)[C@@H]3CCCCN3C(=O)[C@@H]3CCCN3C2=O)c1. The fourth-order valence-corrected chi connectivity index (χ4v) is 7.53. The number of carbonyl (C=O) groups is 6. The van der Waals surface area contributed by atoms with Crippen LogP contribution in [0.25, 0.3) is 0 Å². The normalized spacial score (nSPS) is 29.9. The smallest absolute Gasteiger partial charge is 0.328 e. The lowest BCUT2D eigenvalue weighted by Crippen LogP contribution is -2.61. The Morgan fingerprint density at radius 1 is 0.894 bits per heavy atom. The van der Waals surface area contributed by atoms with Crippen LogP contribution in [0.15, 0.2) is 18.2 Å². The molecule has 256 valence electrons. The number of amides is 5. The molecule has 7 atom stereocenters. The van der Waals surface area contributed by atoms with E-state index in [1.54, 1.807) is 6.92 Å². The van der Waals surface area contributed by atoms with Gasteiger partial charge in [0.25, 0.3) is 0 Å². The van der Waals surface area contributed by atoms with Gasteiger partial charge in [-0.25, -0.2) is 4.79 Å². The molecule has 0 radical (unpaired) electrons. The second-order valence-corrected chi connectivity index (χ2v) is 13.8. The third-order valence-corrected chi connectivity index (χ3v) is 9.78. The molecule has 5 rings (SSSR count). The summed E-state index contributed by atoms with van der Waals surface area (Å²) in [7, 11) is 0. The van der Waals surface area contributed by atoms with E-state index in [9.17, 15) is 28.8 Å². The molecule has 47 heavy (non-hydrogen) atoms. The molecule has 5 amide bonds. The largest absolute Gasteiger partial charge is 0.461 e. The topological polar surface area (TPSA) is 171 Å². The number of rotatable bonds is 4. The van der Waals surface area contributed by atoms with Gasteiger partial charge in [-0.1, -0.05) is 36.2 Å². The predicted molar refractivity (Wildman–Crippen MR) is 171 cm³/mol. The number of fused-ring (bicyclic) bond motifs is 3. The quantitative estimate of drug-likeness (QED) is 0.391. The number of hydrogen-bond donors (Lipinski definition) is 3. The zero-order chi connectivity index (χ0) is 34.0. The van der Waals surface area contributed by atoms with E-state index in [1.165, 1.54) is 14.7 Å². The van der Waals surface area contributed by atoms with Crippen LogP contribution in [0.4, 0.5) is 0 Å². The highest BCUT2D eigenvalue weighted by atomic mass is 16.5. The van der Waals surface area contributed by atoms with Crippen molar-refractivity contribution in [2.24, 2.45) is 11.7 Å². The fourth-order valence-electron chi connectivity index (χ4n) is 7.53. The van der Waals surface area contributed by atoms with Gasteiger partial charge in [0.1, 0.15) is 36.8 Å². The van der Waals surface area contributed by atoms with E-state index in [-0.39, 0.29) is 24.8 Å². The van der Waals surface area contributed by atoms with E-state index in [0.717, 1.165) is 23.1 Å². The number of esters is 1. The molecule has 0 bridgehead atoms. The lowest BCUT2D eigenvalue weighted by Gasteiger charge is -2.39. The highest BCUT2D eigenvalue weighted by molar-refractivity contribution is 5.97. The second-order valence-electron chi connectivity index (χ2n) is 13.8. The van der Waals surface area contributed by atoms with Crippen molar-refractivity contribution in [1.29, 1.82) is 0 Å². The Balaban J connectivity index is 1.43. The van der Waals surface area contributed by atoms with Gasteiger partial charge in [0.2, 0.25) is 29.5 Å². The van der Waals surface area contributed by atoms with Crippen molar-refractivity contribution in [2.75, 3.05) is 26.2 Å². The van der Waals surface area contributed by atoms with Gasteiger partial charge in [-0.15, -0.1) is 0 Å². The first-order valence-electron chi connectivity index (χ1n) is 16.9. The number of carbonyl (C=O) groups excluding carboxylic acids is 6. The lowest BCUT2D eigenvalue weighted by atomic mass is 9.99. The van der Waals surface area contributed by atoms with Crippen LogP contribution in [0.5, 0.6) is 0 Å². The summed E-state index contributed by atoms with van der Waals surface area (Å²) in [5.41, 5.74) is 9.27. The molecule has 13 heteroatoms. The molecule has 4 aliphatic heterocycles. The number of cyclic esters (lactones) is 1. The van der Waals surface area contributed by atoms with E-state index >= 15 is 0 Å². The van der Waals surface area contributed by atoms with Gasteiger partial charge in [-0.05, 0) is 77.2 Å². The zero-order valence-electron chi connectivity index (χ0n) is 27.8. The fraction of sp³-hybridized carbons (Fsp3) is 0.647. The van der Waals surface area contributed by atoms with Crippen molar-refractivity contribution in [1.82, 2.24) is 25.3 Å². The number of hydrogen-bond acceptors (Lipinski definition) is 8. The van der Waals surface area contributed by atoms with E-state index in [0.29, 0.717) is 45.2 Å². The van der Waals surface area contributed by atoms with Crippen molar-refractivity contribution in [2.45, 2.75) is 109 Å². The van der Waals surface area contributed by atoms with E-state index in [1.807, 2.05) is 39.0 Å². The van der Waals surface area contributed by atoms with Crippen LogP contribution < -0.4 is 16.4 Å². The molecule has 0 saturated carbocycles. The number of nitrogens with two attached hydrogens (primary N) is 1. The van der Waals surface area contributed by atoms with Gasteiger partial charge < -0.3 is 35.8 Å². The summed E-state index contributed by atoms with van der Waals surface area (Å²) in [6, 6.07) is 0.166. The zero-order valence-corrected chi connectivity index (χ0v) is 27.8. The molecule has 0 unspecified atom stereocenters. The average Bonchev–Trinajstić information content (AvgIpc) is 3.68. The number of nitrogens with zero attached hydrogens (tertiary/aromatic N) is 3. The van der Waals surface area contributed by atoms with Crippen molar-refractivity contribution in [3.05, 3.63) is 34.9 Å². The monoisotopic (exact) mass is 652 g/mol. The van der Waals surface area contributed by atoms with Gasteiger partial charge in [-0.3, -0.25) is 24.0 Å². The van der Waals surface area contributed by atoms with Crippen molar-refractivity contribution in [3.63, 3.8) is 0 Å².